The average Bonchev–Trinajstić information content (AvgIpc) is 3.42. The minimum atomic E-state index is -0.198. The maximum Gasteiger partial charge on any atom is 0.255 e. The number of phenolic OH excluding ortho intramolecular Hbond substituents is 1. The lowest BCUT2D eigenvalue weighted by Crippen LogP contribution is -2.71. The van der Waals surface area contributed by atoms with E-state index in [1.807, 2.05) is 36.4 Å². The molecule has 3 N–H and O–H groups in total. The van der Waals surface area contributed by atoms with Crippen LogP contribution in [0.3, 0.4) is 0 Å². The Bertz CT molecular complexity index is 1800. The Balaban J connectivity index is 1.02. The van der Waals surface area contributed by atoms with Crippen molar-refractivity contribution in [1.29, 1.82) is 0 Å². The molecule has 5 aromatic rings. The van der Waals surface area contributed by atoms with Gasteiger partial charge in [-0.05, 0) is 79.2 Å². The number of rotatable bonds is 8. The Morgan fingerprint density at radius 3 is 2.60 bits per heavy atom. The second kappa shape index (κ2) is 10.8. The molecule has 0 atom stereocenters. The van der Waals surface area contributed by atoms with E-state index >= 15 is 0 Å². The van der Waals surface area contributed by atoms with Gasteiger partial charge in [0, 0.05) is 61.1 Å². The number of amides is 1. The molecule has 1 spiro atoms. The summed E-state index contributed by atoms with van der Waals surface area (Å²) in [5.41, 5.74) is 6.66. The standard InChI is InChI=1S/C34H34N6O3/c1-39-18-34(19-39)20-40(21-34)15-13-22-5-9-25(10-6-22)36-32(42)24-7-11-28-29(17-24)38-31(37-28)27-16-23(8-12-30(27)41)26-4-3-14-35-33(26)43-2/h3-12,14,16-17,41H,13,15,18-21H2,1-2H3,(H,36,42)(H,37,38). The lowest BCUT2D eigenvalue weighted by Gasteiger charge is -2.59. The number of carbonyl (C=O) groups excluding carboxylic acids is 1. The molecule has 9 heteroatoms. The van der Waals surface area contributed by atoms with Gasteiger partial charge < -0.3 is 29.9 Å². The number of imidazole rings is 1. The number of nitrogens with zero attached hydrogens (tertiary/aromatic N) is 4. The summed E-state index contributed by atoms with van der Waals surface area (Å²) < 4.78 is 5.41. The lowest BCUT2D eigenvalue weighted by molar-refractivity contribution is -0.103. The summed E-state index contributed by atoms with van der Waals surface area (Å²) in [6, 6.07) is 22.5. The third-order valence-electron chi connectivity index (χ3n) is 8.53. The van der Waals surface area contributed by atoms with Crippen LogP contribution in [0, 0.1) is 5.41 Å². The molecule has 0 radical (unpaired) electrons. The number of anilines is 1. The van der Waals surface area contributed by atoms with Crippen LogP contribution < -0.4 is 10.1 Å². The predicted molar refractivity (Wildman–Crippen MR) is 167 cm³/mol. The summed E-state index contributed by atoms with van der Waals surface area (Å²) >= 11 is 0. The number of ether oxygens (including phenoxy) is 1. The van der Waals surface area contributed by atoms with Crippen LogP contribution in [0.1, 0.15) is 15.9 Å². The van der Waals surface area contributed by atoms with Crippen molar-refractivity contribution in [3.8, 4) is 34.1 Å². The highest BCUT2D eigenvalue weighted by Gasteiger charge is 2.49. The maximum absolute atomic E-state index is 13.1. The first kappa shape index (κ1) is 27.1. The van der Waals surface area contributed by atoms with Crippen molar-refractivity contribution in [1.82, 2.24) is 24.8 Å². The van der Waals surface area contributed by atoms with Gasteiger partial charge in [0.15, 0.2) is 0 Å². The molecule has 1 amide bonds. The van der Waals surface area contributed by atoms with Crippen LogP contribution in [0.5, 0.6) is 11.6 Å². The van der Waals surface area contributed by atoms with E-state index in [1.54, 1.807) is 37.6 Å². The number of methoxy groups -OCH3 is 1. The minimum Gasteiger partial charge on any atom is -0.507 e. The molecule has 2 aliphatic heterocycles. The summed E-state index contributed by atoms with van der Waals surface area (Å²) in [4.78, 5) is 30.3. The van der Waals surface area contributed by atoms with E-state index in [9.17, 15) is 9.90 Å². The van der Waals surface area contributed by atoms with Crippen LogP contribution in [0.4, 0.5) is 5.69 Å². The normalized spacial score (nSPS) is 16.1. The predicted octanol–water partition coefficient (Wildman–Crippen LogP) is 5.05. The highest BCUT2D eigenvalue weighted by molar-refractivity contribution is 6.06. The van der Waals surface area contributed by atoms with Crippen LogP contribution in [-0.4, -0.2) is 82.6 Å². The number of aromatic hydroxyl groups is 1. The van der Waals surface area contributed by atoms with Crippen molar-refractivity contribution in [2.75, 3.05) is 52.2 Å². The molecule has 2 aromatic heterocycles. The number of phenols is 1. The lowest BCUT2D eigenvalue weighted by atomic mass is 9.73. The van der Waals surface area contributed by atoms with Crippen LogP contribution in [0.25, 0.3) is 33.5 Å². The molecule has 0 unspecified atom stereocenters. The number of likely N-dealkylation sites (tertiary alicyclic amines) is 2. The first-order chi connectivity index (χ1) is 20.9. The third-order valence-corrected chi connectivity index (χ3v) is 8.53. The molecule has 2 aliphatic rings. The van der Waals surface area contributed by atoms with Gasteiger partial charge in [0.1, 0.15) is 11.6 Å². The van der Waals surface area contributed by atoms with Gasteiger partial charge in [0.2, 0.25) is 5.88 Å². The zero-order valence-electron chi connectivity index (χ0n) is 24.3. The molecule has 9 nitrogen and oxygen atoms in total. The topological polar surface area (TPSA) is 107 Å². The monoisotopic (exact) mass is 574 g/mol. The highest BCUT2D eigenvalue weighted by atomic mass is 16.5. The van der Waals surface area contributed by atoms with Crippen LogP contribution in [-0.2, 0) is 6.42 Å². The minimum absolute atomic E-state index is 0.0899. The second-order valence-electron chi connectivity index (χ2n) is 11.9. The van der Waals surface area contributed by atoms with Crippen LogP contribution in [0.15, 0.2) is 79.0 Å². The second-order valence-corrected chi connectivity index (χ2v) is 11.9. The first-order valence-electron chi connectivity index (χ1n) is 14.5. The fraction of sp³-hybridized carbons (Fsp3) is 0.265. The molecule has 218 valence electrons. The maximum atomic E-state index is 13.1. The first-order valence-corrected chi connectivity index (χ1v) is 14.5. The van der Waals surface area contributed by atoms with Crippen molar-refractivity contribution in [2.24, 2.45) is 5.41 Å². The number of benzene rings is 3. The summed E-state index contributed by atoms with van der Waals surface area (Å²) in [7, 11) is 3.77. The molecule has 0 saturated carbocycles. The van der Waals surface area contributed by atoms with E-state index in [-0.39, 0.29) is 11.7 Å². The van der Waals surface area contributed by atoms with E-state index in [2.05, 4.69) is 49.2 Å². The number of fused-ring (bicyclic) bond motifs is 1. The summed E-state index contributed by atoms with van der Waals surface area (Å²) in [6.45, 7) is 5.95. The Hall–Kier alpha value is -4.73. The van der Waals surface area contributed by atoms with Gasteiger partial charge in [-0.3, -0.25) is 4.79 Å². The largest absolute Gasteiger partial charge is 0.507 e. The Kier molecular flexibility index (Phi) is 6.83. The number of H-pyrrole nitrogens is 1. The highest BCUT2D eigenvalue weighted by Crippen LogP contribution is 2.39. The Morgan fingerprint density at radius 1 is 1.02 bits per heavy atom. The number of carbonyl (C=O) groups is 1. The van der Waals surface area contributed by atoms with Gasteiger partial charge >= 0.3 is 0 Å². The molecule has 43 heavy (non-hydrogen) atoms. The molecule has 0 bridgehead atoms. The van der Waals surface area contributed by atoms with Crippen molar-refractivity contribution in [3.63, 3.8) is 0 Å². The van der Waals surface area contributed by atoms with E-state index in [0.29, 0.717) is 39.3 Å². The summed E-state index contributed by atoms with van der Waals surface area (Å²) in [6.07, 6.45) is 2.68. The van der Waals surface area contributed by atoms with Crippen molar-refractivity contribution < 1.29 is 14.6 Å². The van der Waals surface area contributed by atoms with Crippen molar-refractivity contribution in [2.45, 2.75) is 6.42 Å². The third kappa shape index (κ3) is 5.33. The SMILES string of the molecule is COc1ncccc1-c1ccc(O)c(-c2nc3ccc(C(=O)Nc4ccc(CCN5CC6(CN(C)C6)C5)cc4)cc3[nH]2)c1. The molecule has 2 fully saturated rings. The van der Waals surface area contributed by atoms with Gasteiger partial charge in [0.05, 0.1) is 23.7 Å². The number of hydrogen-bond acceptors (Lipinski definition) is 7. The zero-order valence-corrected chi connectivity index (χ0v) is 24.3. The number of pyridine rings is 1. The van der Waals surface area contributed by atoms with E-state index in [1.165, 1.54) is 31.7 Å². The zero-order chi connectivity index (χ0) is 29.6. The summed E-state index contributed by atoms with van der Waals surface area (Å²) in [5, 5.41) is 13.7. The number of nitrogens with one attached hydrogen (secondary N) is 2. The van der Waals surface area contributed by atoms with Gasteiger partial charge in [-0.2, -0.15) is 0 Å². The molecule has 3 aromatic carbocycles. The van der Waals surface area contributed by atoms with Gasteiger partial charge in [0.25, 0.3) is 5.91 Å². The summed E-state index contributed by atoms with van der Waals surface area (Å²) in [5.74, 6) is 0.886. The van der Waals surface area contributed by atoms with E-state index < -0.39 is 0 Å². The number of aromatic nitrogens is 3. The average molecular weight is 575 g/mol. The Labute approximate surface area is 250 Å². The number of hydrogen-bond donors (Lipinski definition) is 3. The fourth-order valence-electron chi connectivity index (χ4n) is 6.55. The van der Waals surface area contributed by atoms with Gasteiger partial charge in [-0.1, -0.05) is 18.2 Å². The van der Waals surface area contributed by atoms with E-state index in [4.69, 9.17) is 4.74 Å². The quantitative estimate of drug-likeness (QED) is 0.238. The fourth-order valence-corrected chi connectivity index (χ4v) is 6.55. The molecular weight excluding hydrogens is 540 g/mol. The Morgan fingerprint density at radius 2 is 1.84 bits per heavy atom. The van der Waals surface area contributed by atoms with E-state index in [0.717, 1.165) is 29.8 Å². The number of aromatic amines is 1. The van der Waals surface area contributed by atoms with Gasteiger partial charge in [-0.25, -0.2) is 9.97 Å². The van der Waals surface area contributed by atoms with Crippen LogP contribution in [0.2, 0.25) is 0 Å². The van der Waals surface area contributed by atoms with Crippen molar-refractivity contribution in [3.05, 3.63) is 90.1 Å². The molecular formula is C34H34N6O3. The molecule has 2 saturated heterocycles. The van der Waals surface area contributed by atoms with Crippen LogP contribution >= 0.6 is 0 Å². The van der Waals surface area contributed by atoms with Crippen molar-refractivity contribution >= 4 is 22.6 Å². The smallest absolute Gasteiger partial charge is 0.255 e. The molecule has 4 heterocycles. The molecule has 7 rings (SSSR count). The van der Waals surface area contributed by atoms with Gasteiger partial charge in [-0.15, -0.1) is 0 Å². The molecule has 0 aliphatic carbocycles.